The maximum Gasteiger partial charge on any atom is 0.303 e. The standard InChI is InChI=1S/C17H24O5/c1-4-5-6-7-12(9-17(19)20)14-8-13(11-18)15(21-2)10-16(14)22-3/h8,10-12H,4-7,9H2,1-3H3,(H,19,20). The third-order valence-corrected chi connectivity index (χ3v) is 3.73. The molecule has 1 atom stereocenters. The summed E-state index contributed by atoms with van der Waals surface area (Å²) in [6.07, 6.45) is 4.55. The molecule has 0 fully saturated rings. The topological polar surface area (TPSA) is 72.8 Å². The summed E-state index contributed by atoms with van der Waals surface area (Å²) in [4.78, 5) is 22.4. The molecule has 122 valence electrons. The van der Waals surface area contributed by atoms with E-state index in [1.165, 1.54) is 14.2 Å². The van der Waals surface area contributed by atoms with Gasteiger partial charge in [-0.1, -0.05) is 26.2 Å². The Bertz CT molecular complexity index is 510. The van der Waals surface area contributed by atoms with E-state index in [1.54, 1.807) is 12.1 Å². The minimum absolute atomic E-state index is 0.0186. The molecule has 0 saturated carbocycles. The van der Waals surface area contributed by atoms with E-state index in [9.17, 15) is 9.59 Å². The van der Waals surface area contributed by atoms with Crippen LogP contribution in [0.25, 0.3) is 0 Å². The van der Waals surface area contributed by atoms with Crippen LogP contribution in [0.4, 0.5) is 0 Å². The Kier molecular flexibility index (Phi) is 7.43. The van der Waals surface area contributed by atoms with Crippen molar-refractivity contribution in [3.05, 3.63) is 23.3 Å². The van der Waals surface area contributed by atoms with Crippen LogP contribution in [0.5, 0.6) is 11.5 Å². The molecule has 0 aliphatic carbocycles. The molecule has 1 N–H and O–H groups in total. The molecule has 1 aromatic carbocycles. The van der Waals surface area contributed by atoms with Crippen LogP contribution in [0.3, 0.4) is 0 Å². The first kappa shape index (κ1) is 18.0. The molecule has 0 aromatic heterocycles. The number of aliphatic carboxylic acids is 1. The van der Waals surface area contributed by atoms with E-state index in [2.05, 4.69) is 6.92 Å². The summed E-state index contributed by atoms with van der Waals surface area (Å²) in [7, 11) is 3.01. The lowest BCUT2D eigenvalue weighted by molar-refractivity contribution is -0.137. The van der Waals surface area contributed by atoms with E-state index in [4.69, 9.17) is 14.6 Å². The van der Waals surface area contributed by atoms with Crippen molar-refractivity contribution < 1.29 is 24.2 Å². The maximum atomic E-state index is 11.2. The van der Waals surface area contributed by atoms with Gasteiger partial charge in [0.1, 0.15) is 11.5 Å². The lowest BCUT2D eigenvalue weighted by Gasteiger charge is -2.20. The van der Waals surface area contributed by atoms with Crippen LogP contribution >= 0.6 is 0 Å². The Morgan fingerprint density at radius 1 is 1.23 bits per heavy atom. The summed E-state index contributed by atoms with van der Waals surface area (Å²) in [6, 6.07) is 3.33. The van der Waals surface area contributed by atoms with Gasteiger partial charge >= 0.3 is 5.97 Å². The first-order chi connectivity index (χ1) is 10.6. The SMILES string of the molecule is CCCCCC(CC(=O)O)c1cc(C=O)c(OC)cc1OC. The average molecular weight is 308 g/mol. The van der Waals surface area contributed by atoms with E-state index in [0.29, 0.717) is 23.3 Å². The third kappa shape index (κ3) is 4.76. The summed E-state index contributed by atoms with van der Waals surface area (Å²) in [5.74, 6) is -0.0425. The highest BCUT2D eigenvalue weighted by molar-refractivity contribution is 5.81. The Morgan fingerprint density at radius 2 is 1.91 bits per heavy atom. The molecule has 0 amide bonds. The van der Waals surface area contributed by atoms with Crippen molar-refractivity contribution >= 4 is 12.3 Å². The predicted molar refractivity (Wildman–Crippen MR) is 84.1 cm³/mol. The van der Waals surface area contributed by atoms with Crippen molar-refractivity contribution in [3.63, 3.8) is 0 Å². The van der Waals surface area contributed by atoms with Gasteiger partial charge in [-0.15, -0.1) is 0 Å². The second kappa shape index (κ2) is 9.07. The van der Waals surface area contributed by atoms with Crippen molar-refractivity contribution in [1.82, 2.24) is 0 Å². The third-order valence-electron chi connectivity index (χ3n) is 3.73. The van der Waals surface area contributed by atoms with Gasteiger partial charge in [-0.2, -0.15) is 0 Å². The van der Waals surface area contributed by atoms with Crippen molar-refractivity contribution in [1.29, 1.82) is 0 Å². The summed E-state index contributed by atoms with van der Waals surface area (Å²) < 4.78 is 10.5. The van der Waals surface area contributed by atoms with Crippen LogP contribution in [0.15, 0.2) is 12.1 Å². The normalized spacial score (nSPS) is 11.8. The van der Waals surface area contributed by atoms with Crippen LogP contribution in [0, 0.1) is 0 Å². The zero-order valence-corrected chi connectivity index (χ0v) is 13.4. The van der Waals surface area contributed by atoms with Crippen LogP contribution in [0.1, 0.15) is 60.9 Å². The Balaban J connectivity index is 3.19. The molecule has 5 heteroatoms. The number of carboxylic acids is 1. The Hall–Kier alpha value is -2.04. The molecule has 0 radical (unpaired) electrons. The van der Waals surface area contributed by atoms with Gasteiger partial charge < -0.3 is 14.6 Å². The minimum Gasteiger partial charge on any atom is -0.496 e. The molecule has 0 saturated heterocycles. The number of benzene rings is 1. The quantitative estimate of drug-likeness (QED) is 0.527. The number of hydrogen-bond acceptors (Lipinski definition) is 4. The number of carbonyl (C=O) groups excluding carboxylic acids is 1. The molecule has 1 unspecified atom stereocenters. The maximum absolute atomic E-state index is 11.2. The molecule has 0 spiro atoms. The molecule has 0 aliphatic heterocycles. The van der Waals surface area contributed by atoms with Crippen molar-refractivity contribution in [2.45, 2.75) is 44.9 Å². The Labute approximate surface area is 131 Å². The zero-order valence-electron chi connectivity index (χ0n) is 13.4. The molecular formula is C17H24O5. The van der Waals surface area contributed by atoms with Gasteiger partial charge in [0, 0.05) is 6.07 Å². The number of rotatable bonds is 10. The minimum atomic E-state index is -0.855. The lowest BCUT2D eigenvalue weighted by Crippen LogP contribution is -2.09. The molecule has 0 heterocycles. The van der Waals surface area contributed by atoms with E-state index in [1.807, 2.05) is 0 Å². The van der Waals surface area contributed by atoms with E-state index >= 15 is 0 Å². The average Bonchev–Trinajstić information content (AvgIpc) is 2.52. The highest BCUT2D eigenvalue weighted by Crippen LogP contribution is 2.37. The molecule has 1 aromatic rings. The Morgan fingerprint density at radius 3 is 2.41 bits per heavy atom. The number of aldehydes is 1. The van der Waals surface area contributed by atoms with E-state index in [0.717, 1.165) is 31.2 Å². The van der Waals surface area contributed by atoms with Crippen molar-refractivity contribution in [2.75, 3.05) is 14.2 Å². The van der Waals surface area contributed by atoms with Crippen LogP contribution in [-0.2, 0) is 4.79 Å². The fourth-order valence-corrected chi connectivity index (χ4v) is 2.58. The fraction of sp³-hybridized carbons (Fsp3) is 0.529. The van der Waals surface area contributed by atoms with Gasteiger partial charge in [-0.3, -0.25) is 9.59 Å². The summed E-state index contributed by atoms with van der Waals surface area (Å²) in [5, 5.41) is 9.16. The number of carbonyl (C=O) groups is 2. The van der Waals surface area contributed by atoms with Gasteiger partial charge in [-0.25, -0.2) is 0 Å². The smallest absolute Gasteiger partial charge is 0.303 e. The number of ether oxygens (including phenoxy) is 2. The lowest BCUT2D eigenvalue weighted by atomic mass is 9.88. The molecule has 1 rings (SSSR count). The van der Waals surface area contributed by atoms with Gasteiger partial charge in [0.05, 0.1) is 26.2 Å². The molecule has 5 nitrogen and oxygen atoms in total. The fourth-order valence-electron chi connectivity index (χ4n) is 2.58. The van der Waals surface area contributed by atoms with Crippen LogP contribution in [0.2, 0.25) is 0 Å². The van der Waals surface area contributed by atoms with Crippen LogP contribution in [-0.4, -0.2) is 31.6 Å². The van der Waals surface area contributed by atoms with Gasteiger partial charge in [0.25, 0.3) is 0 Å². The number of carboxylic acid groups (broad SMARTS) is 1. The second-order valence-corrected chi connectivity index (χ2v) is 5.24. The first-order valence-electron chi connectivity index (χ1n) is 7.50. The summed E-state index contributed by atoms with van der Waals surface area (Å²) in [5.41, 5.74) is 1.16. The molecule has 0 aliphatic rings. The van der Waals surface area contributed by atoms with Gasteiger partial charge in [0.2, 0.25) is 0 Å². The number of methoxy groups -OCH3 is 2. The number of hydrogen-bond donors (Lipinski definition) is 1. The van der Waals surface area contributed by atoms with E-state index in [-0.39, 0.29) is 12.3 Å². The first-order valence-corrected chi connectivity index (χ1v) is 7.50. The zero-order chi connectivity index (χ0) is 16.5. The highest BCUT2D eigenvalue weighted by atomic mass is 16.5. The summed E-state index contributed by atoms with van der Waals surface area (Å²) in [6.45, 7) is 2.10. The summed E-state index contributed by atoms with van der Waals surface area (Å²) >= 11 is 0. The van der Waals surface area contributed by atoms with Gasteiger partial charge in [0.15, 0.2) is 6.29 Å². The van der Waals surface area contributed by atoms with E-state index < -0.39 is 5.97 Å². The number of unbranched alkanes of at least 4 members (excludes halogenated alkanes) is 2. The van der Waals surface area contributed by atoms with Crippen molar-refractivity contribution in [3.8, 4) is 11.5 Å². The largest absolute Gasteiger partial charge is 0.496 e. The molecule has 0 bridgehead atoms. The highest BCUT2D eigenvalue weighted by Gasteiger charge is 2.21. The second-order valence-electron chi connectivity index (χ2n) is 5.24. The monoisotopic (exact) mass is 308 g/mol. The van der Waals surface area contributed by atoms with Crippen LogP contribution < -0.4 is 9.47 Å². The predicted octanol–water partition coefficient (Wildman–Crippen LogP) is 3.65. The molecular weight excluding hydrogens is 284 g/mol. The van der Waals surface area contributed by atoms with Crippen molar-refractivity contribution in [2.24, 2.45) is 0 Å². The molecule has 22 heavy (non-hydrogen) atoms. The van der Waals surface area contributed by atoms with Gasteiger partial charge in [-0.05, 0) is 24.0 Å².